The molecule has 0 bridgehead atoms. The molecule has 0 fully saturated rings. The number of aromatic amines is 1. The summed E-state index contributed by atoms with van der Waals surface area (Å²) in [5.74, 6) is 0.210. The van der Waals surface area contributed by atoms with Crippen molar-refractivity contribution in [2.75, 3.05) is 66.0 Å². The maximum atomic E-state index is 12.9. The van der Waals surface area contributed by atoms with Crippen LogP contribution in [0.4, 0.5) is 0 Å². The minimum absolute atomic E-state index is 0.0445. The van der Waals surface area contributed by atoms with Crippen molar-refractivity contribution in [3.8, 4) is 0 Å². The van der Waals surface area contributed by atoms with Gasteiger partial charge in [0.25, 0.3) is 0 Å². The Bertz CT molecular complexity index is 1160. The largest absolute Gasteiger partial charge is 0.392 e. The monoisotopic (exact) mass is 615 g/mol. The van der Waals surface area contributed by atoms with Gasteiger partial charge in [-0.3, -0.25) is 19.5 Å². The second-order valence-corrected chi connectivity index (χ2v) is 12.9. The second-order valence-electron chi connectivity index (χ2n) is 12.9. The second kappa shape index (κ2) is 16.8. The Morgan fingerprint density at radius 2 is 1.43 bits per heavy atom. The summed E-state index contributed by atoms with van der Waals surface area (Å²) < 4.78 is 0. The van der Waals surface area contributed by atoms with Gasteiger partial charge in [-0.1, -0.05) is 18.2 Å². The number of fused-ring (bicyclic) bond motifs is 2. The fourth-order valence-corrected chi connectivity index (χ4v) is 6.67. The number of aliphatic hydroxyl groups excluding tert-OH is 4. The molecule has 0 saturated heterocycles. The third-order valence-corrected chi connectivity index (χ3v) is 8.48. The number of likely N-dealkylation sites (N-methyl/N-ethyl adjacent to an activating group) is 1. The lowest BCUT2D eigenvalue weighted by Crippen LogP contribution is -2.47. The molecular weight excluding hydrogens is 558 g/mol. The van der Waals surface area contributed by atoms with Crippen LogP contribution < -0.4 is 0 Å². The maximum absolute atomic E-state index is 12.9. The first kappa shape index (κ1) is 36.2. The van der Waals surface area contributed by atoms with Crippen LogP contribution >= 0.6 is 0 Å². The summed E-state index contributed by atoms with van der Waals surface area (Å²) in [6.07, 6.45) is 3.62. The molecule has 2 heterocycles. The molecule has 1 amide bonds. The molecule has 6 atom stereocenters. The average molecular weight is 616 g/mol. The van der Waals surface area contributed by atoms with E-state index in [4.69, 9.17) is 0 Å². The fourth-order valence-electron chi connectivity index (χ4n) is 6.67. The number of carbonyl (C=O) groups excluding carboxylic acids is 1. The van der Waals surface area contributed by atoms with Gasteiger partial charge in [-0.2, -0.15) is 0 Å². The molecule has 2 aromatic rings. The van der Waals surface area contributed by atoms with E-state index < -0.39 is 24.4 Å². The summed E-state index contributed by atoms with van der Waals surface area (Å²) in [5.41, 5.74) is 5.21. The normalized spacial score (nSPS) is 20.9. The molecule has 2 aliphatic rings. The van der Waals surface area contributed by atoms with Gasteiger partial charge in [0.1, 0.15) is 0 Å². The lowest BCUT2D eigenvalue weighted by Gasteiger charge is -2.40. The zero-order valence-electron chi connectivity index (χ0n) is 27.9. The van der Waals surface area contributed by atoms with E-state index in [2.05, 4.69) is 61.3 Å². The third-order valence-electron chi connectivity index (χ3n) is 8.48. The average Bonchev–Trinajstić information content (AvgIpc) is 3.36. The zero-order valence-corrected chi connectivity index (χ0v) is 27.9. The number of amides is 1. The quantitative estimate of drug-likeness (QED) is 0.219. The molecule has 5 N–H and O–H groups in total. The van der Waals surface area contributed by atoms with Crippen LogP contribution in [0.15, 0.2) is 30.5 Å². The number of nitrogens with zero attached hydrogens (tertiary/aromatic N) is 4. The molecule has 0 saturated carbocycles. The number of H-pyrrole nitrogens is 1. The van der Waals surface area contributed by atoms with Gasteiger partial charge in [-0.15, -0.1) is 0 Å². The van der Waals surface area contributed by atoms with E-state index in [9.17, 15) is 25.2 Å². The van der Waals surface area contributed by atoms with Crippen LogP contribution in [0, 0.1) is 5.92 Å². The van der Waals surface area contributed by atoms with Crippen molar-refractivity contribution in [2.24, 2.45) is 5.92 Å². The summed E-state index contributed by atoms with van der Waals surface area (Å²) in [5, 5.41) is 39.2. The molecule has 44 heavy (non-hydrogen) atoms. The van der Waals surface area contributed by atoms with Gasteiger partial charge in [0.2, 0.25) is 5.91 Å². The summed E-state index contributed by atoms with van der Waals surface area (Å²) in [4.78, 5) is 24.5. The topological polar surface area (TPSA) is 127 Å². The van der Waals surface area contributed by atoms with E-state index in [1.165, 1.54) is 27.6 Å². The minimum atomic E-state index is -0.448. The number of nitrogens with one attached hydrogen (secondary N) is 1. The zero-order chi connectivity index (χ0) is 32.6. The van der Waals surface area contributed by atoms with Gasteiger partial charge in [-0.05, 0) is 77.8 Å². The van der Waals surface area contributed by atoms with Crippen LogP contribution in [0.2, 0.25) is 0 Å². The first-order chi connectivity index (χ1) is 20.8. The minimum Gasteiger partial charge on any atom is -0.392 e. The number of aromatic nitrogens is 1. The molecule has 0 radical (unpaired) electrons. The van der Waals surface area contributed by atoms with Crippen LogP contribution in [0.25, 0.3) is 16.5 Å². The molecular formula is C34H57N5O5. The van der Waals surface area contributed by atoms with Crippen LogP contribution in [0.1, 0.15) is 52.7 Å². The highest BCUT2D eigenvalue weighted by Gasteiger charge is 2.36. The van der Waals surface area contributed by atoms with E-state index in [1.54, 1.807) is 27.7 Å². The lowest BCUT2D eigenvalue weighted by molar-refractivity contribution is -0.134. The Morgan fingerprint density at radius 3 is 1.91 bits per heavy atom. The van der Waals surface area contributed by atoms with E-state index in [0.717, 1.165) is 26.1 Å². The molecule has 10 heteroatoms. The van der Waals surface area contributed by atoms with Crippen LogP contribution in [-0.4, -0.2) is 147 Å². The van der Waals surface area contributed by atoms with Crippen LogP contribution in [0.3, 0.4) is 0 Å². The molecule has 0 spiro atoms. The van der Waals surface area contributed by atoms with Gasteiger partial charge in [0, 0.05) is 82.0 Å². The Morgan fingerprint density at radius 1 is 0.909 bits per heavy atom. The highest BCUT2D eigenvalue weighted by molar-refractivity contribution is 5.99. The molecule has 4 rings (SSSR count). The van der Waals surface area contributed by atoms with Gasteiger partial charge in [0.05, 0.1) is 30.3 Å². The summed E-state index contributed by atoms with van der Waals surface area (Å²) in [6, 6.07) is 6.82. The van der Waals surface area contributed by atoms with E-state index in [-0.39, 0.29) is 11.8 Å². The first-order valence-corrected chi connectivity index (χ1v) is 16.3. The molecule has 248 valence electrons. The summed E-state index contributed by atoms with van der Waals surface area (Å²) >= 11 is 0. The highest BCUT2D eigenvalue weighted by atomic mass is 16.3. The van der Waals surface area contributed by atoms with Crippen molar-refractivity contribution in [1.82, 2.24) is 24.6 Å². The predicted molar refractivity (Wildman–Crippen MR) is 177 cm³/mol. The summed E-state index contributed by atoms with van der Waals surface area (Å²) in [7, 11) is 2.15. The number of rotatable bonds is 14. The van der Waals surface area contributed by atoms with Gasteiger partial charge in [-0.25, -0.2) is 0 Å². The van der Waals surface area contributed by atoms with Crippen molar-refractivity contribution < 1.29 is 25.2 Å². The molecule has 1 aromatic heterocycles. The van der Waals surface area contributed by atoms with Gasteiger partial charge >= 0.3 is 0 Å². The number of aliphatic hydroxyl groups is 4. The Kier molecular flexibility index (Phi) is 13.8. The molecule has 1 aromatic carbocycles. The third kappa shape index (κ3) is 9.84. The SMILES string of the molecule is CC(O)CN(CCN(CC(C)O)CC(C)O)CC(C)O.CCN(CC)C(=O)[C@@H]1C=C2c3cccc4[nH]cc(c34)C[C@H]2N(C)C1. The van der Waals surface area contributed by atoms with E-state index in [1.807, 2.05) is 14.7 Å². The van der Waals surface area contributed by atoms with Crippen molar-refractivity contribution in [2.45, 2.75) is 78.4 Å². The standard InChI is InChI=1S/C20H25N3O.C14H32N2O4/c1-4-23(5-2)20(24)14-9-16-15-7-6-8-17-19(15)13(11-21-17)10-18(16)22(3)12-14;1-11(17)7-15(8-12(2)18)5-6-16(9-13(3)19)10-14(4)20/h6-9,11,14,18,21H,4-5,10,12H2,1-3H3;11-14,17-20H,5-10H2,1-4H3/t14-,18-;/m1./s1. The Hall–Kier alpha value is -2.31. The Labute approximate surface area is 263 Å². The van der Waals surface area contributed by atoms with E-state index in [0.29, 0.717) is 45.3 Å². The number of carbonyl (C=O) groups is 1. The highest BCUT2D eigenvalue weighted by Crippen LogP contribution is 2.40. The molecule has 10 nitrogen and oxygen atoms in total. The smallest absolute Gasteiger partial charge is 0.230 e. The first-order valence-electron chi connectivity index (χ1n) is 16.3. The van der Waals surface area contributed by atoms with Crippen LogP contribution in [-0.2, 0) is 11.2 Å². The van der Waals surface area contributed by atoms with Crippen molar-refractivity contribution >= 4 is 22.4 Å². The molecule has 1 aliphatic heterocycles. The Balaban J connectivity index is 0.000000246. The van der Waals surface area contributed by atoms with Crippen molar-refractivity contribution in [3.63, 3.8) is 0 Å². The number of benzene rings is 1. The molecule has 1 aliphatic carbocycles. The van der Waals surface area contributed by atoms with Gasteiger partial charge < -0.3 is 30.3 Å². The van der Waals surface area contributed by atoms with Crippen LogP contribution in [0.5, 0.6) is 0 Å². The van der Waals surface area contributed by atoms with Crippen molar-refractivity contribution in [3.05, 3.63) is 41.6 Å². The van der Waals surface area contributed by atoms with E-state index >= 15 is 0 Å². The maximum Gasteiger partial charge on any atom is 0.230 e. The lowest BCUT2D eigenvalue weighted by atomic mass is 9.79. The van der Waals surface area contributed by atoms with Crippen molar-refractivity contribution in [1.29, 1.82) is 0 Å². The predicted octanol–water partition coefficient (Wildman–Crippen LogP) is 2.02. The van der Waals surface area contributed by atoms with Gasteiger partial charge in [0.15, 0.2) is 0 Å². The number of hydrogen-bond donors (Lipinski definition) is 5. The number of hydrogen-bond acceptors (Lipinski definition) is 8. The molecule has 4 unspecified atom stereocenters. The summed E-state index contributed by atoms with van der Waals surface area (Å²) in [6.45, 7) is 16.7. The fraction of sp³-hybridized carbons (Fsp3) is 0.676.